The largest absolute Gasteiger partial charge is 0.383 e. The van der Waals surface area contributed by atoms with Gasteiger partial charge in [-0.25, -0.2) is 4.79 Å². The molecule has 7 heteroatoms. The van der Waals surface area contributed by atoms with E-state index in [0.29, 0.717) is 6.54 Å². The van der Waals surface area contributed by atoms with Crippen LogP contribution in [-0.4, -0.2) is 9.55 Å². The topological polar surface area (TPSA) is 92.9 Å². The monoisotopic (exact) mass is 308 g/mol. The summed E-state index contributed by atoms with van der Waals surface area (Å²) >= 11 is 1.59. The van der Waals surface area contributed by atoms with Crippen molar-refractivity contribution in [2.45, 2.75) is 33.4 Å². The Kier molecular flexibility index (Phi) is 4.52. The standard InChI is InChI=1S/C14H20N4O2S/c1-8(2)6-18-12(15)11(13(19)17-14(18)20)16-9(3)10-4-5-21-7-10/h4-5,7-9,16H,6,15H2,1-3H3,(H,17,19,20). The molecule has 2 aromatic heterocycles. The molecular formula is C14H20N4O2S. The molecule has 0 saturated heterocycles. The summed E-state index contributed by atoms with van der Waals surface area (Å²) in [7, 11) is 0. The fourth-order valence-electron chi connectivity index (χ4n) is 2.09. The number of thiophene rings is 1. The third-order valence-electron chi connectivity index (χ3n) is 3.19. The summed E-state index contributed by atoms with van der Waals surface area (Å²) in [6.45, 7) is 6.37. The van der Waals surface area contributed by atoms with Crippen molar-refractivity contribution in [1.82, 2.24) is 9.55 Å². The molecule has 1 atom stereocenters. The number of hydrogen-bond acceptors (Lipinski definition) is 5. The predicted molar refractivity (Wildman–Crippen MR) is 86.9 cm³/mol. The quantitative estimate of drug-likeness (QED) is 0.787. The number of nitrogens with zero attached hydrogens (tertiary/aromatic N) is 1. The van der Waals surface area contributed by atoms with Gasteiger partial charge in [-0.3, -0.25) is 14.3 Å². The molecule has 0 amide bonds. The van der Waals surface area contributed by atoms with Crippen molar-refractivity contribution in [2.75, 3.05) is 11.1 Å². The highest BCUT2D eigenvalue weighted by Crippen LogP contribution is 2.22. The van der Waals surface area contributed by atoms with Gasteiger partial charge >= 0.3 is 5.69 Å². The van der Waals surface area contributed by atoms with Gasteiger partial charge in [-0.05, 0) is 35.2 Å². The predicted octanol–water partition coefficient (Wildman–Crippen LogP) is 2.01. The molecular weight excluding hydrogens is 288 g/mol. The van der Waals surface area contributed by atoms with Crippen LogP contribution >= 0.6 is 11.3 Å². The first-order valence-corrected chi connectivity index (χ1v) is 7.75. The number of aromatic amines is 1. The van der Waals surface area contributed by atoms with Gasteiger partial charge in [0.2, 0.25) is 0 Å². The maximum atomic E-state index is 12.0. The fraction of sp³-hybridized carbons (Fsp3) is 0.429. The van der Waals surface area contributed by atoms with Gasteiger partial charge in [-0.15, -0.1) is 0 Å². The Balaban J connectivity index is 2.39. The summed E-state index contributed by atoms with van der Waals surface area (Å²) in [5.74, 6) is 0.428. The first kappa shape index (κ1) is 15.4. The molecule has 0 aliphatic rings. The Labute approximate surface area is 126 Å². The van der Waals surface area contributed by atoms with Crippen molar-refractivity contribution >= 4 is 22.8 Å². The smallest absolute Gasteiger partial charge is 0.330 e. The number of hydrogen-bond donors (Lipinski definition) is 3. The van der Waals surface area contributed by atoms with E-state index < -0.39 is 11.2 Å². The second-order valence-electron chi connectivity index (χ2n) is 5.45. The average molecular weight is 308 g/mol. The molecule has 6 nitrogen and oxygen atoms in total. The molecule has 2 rings (SSSR count). The summed E-state index contributed by atoms with van der Waals surface area (Å²) in [6, 6.07) is 1.92. The maximum Gasteiger partial charge on any atom is 0.330 e. The van der Waals surface area contributed by atoms with Crippen LogP contribution in [-0.2, 0) is 6.54 Å². The van der Waals surface area contributed by atoms with Crippen molar-refractivity contribution in [2.24, 2.45) is 5.92 Å². The molecule has 0 aliphatic carbocycles. The highest BCUT2D eigenvalue weighted by atomic mass is 32.1. The lowest BCUT2D eigenvalue weighted by Crippen LogP contribution is -2.35. The molecule has 0 aromatic carbocycles. The molecule has 114 valence electrons. The molecule has 2 aromatic rings. The first-order chi connectivity index (χ1) is 9.90. The van der Waals surface area contributed by atoms with E-state index in [2.05, 4.69) is 10.3 Å². The van der Waals surface area contributed by atoms with E-state index >= 15 is 0 Å². The summed E-state index contributed by atoms with van der Waals surface area (Å²) in [5, 5.41) is 7.08. The lowest BCUT2D eigenvalue weighted by atomic mass is 10.2. The molecule has 0 aliphatic heterocycles. The van der Waals surface area contributed by atoms with E-state index in [9.17, 15) is 9.59 Å². The van der Waals surface area contributed by atoms with Crippen LogP contribution in [0.3, 0.4) is 0 Å². The third-order valence-corrected chi connectivity index (χ3v) is 3.89. The van der Waals surface area contributed by atoms with Gasteiger partial charge in [0, 0.05) is 12.6 Å². The van der Waals surface area contributed by atoms with Gasteiger partial charge in [0.15, 0.2) is 0 Å². The number of anilines is 2. The summed E-state index contributed by atoms with van der Waals surface area (Å²) in [4.78, 5) is 26.2. The third kappa shape index (κ3) is 3.36. The van der Waals surface area contributed by atoms with Gasteiger partial charge in [-0.1, -0.05) is 13.8 Å². The van der Waals surface area contributed by atoms with E-state index in [1.165, 1.54) is 4.57 Å². The lowest BCUT2D eigenvalue weighted by molar-refractivity contribution is 0.508. The van der Waals surface area contributed by atoms with Gasteiger partial charge in [0.1, 0.15) is 11.5 Å². The summed E-state index contributed by atoms with van der Waals surface area (Å²) in [5.41, 5.74) is 6.37. The maximum absolute atomic E-state index is 12.0. The lowest BCUT2D eigenvalue weighted by Gasteiger charge is -2.18. The fourth-order valence-corrected chi connectivity index (χ4v) is 2.85. The summed E-state index contributed by atoms with van der Waals surface area (Å²) < 4.78 is 1.40. The van der Waals surface area contributed by atoms with Crippen molar-refractivity contribution in [3.05, 3.63) is 43.2 Å². The molecule has 0 bridgehead atoms. The number of rotatable bonds is 5. The van der Waals surface area contributed by atoms with Gasteiger partial charge in [-0.2, -0.15) is 11.3 Å². The van der Waals surface area contributed by atoms with Crippen LogP contribution < -0.4 is 22.3 Å². The van der Waals surface area contributed by atoms with Crippen molar-refractivity contribution < 1.29 is 0 Å². The zero-order valence-corrected chi connectivity index (χ0v) is 13.2. The number of nitrogens with one attached hydrogen (secondary N) is 2. The van der Waals surface area contributed by atoms with Crippen LogP contribution in [0.5, 0.6) is 0 Å². The number of nitrogens with two attached hydrogens (primary N) is 1. The molecule has 1 unspecified atom stereocenters. The van der Waals surface area contributed by atoms with E-state index in [-0.39, 0.29) is 23.5 Å². The van der Waals surface area contributed by atoms with Crippen molar-refractivity contribution in [3.8, 4) is 0 Å². The van der Waals surface area contributed by atoms with Crippen LogP contribution in [0, 0.1) is 5.92 Å². The Morgan fingerprint density at radius 1 is 1.38 bits per heavy atom. The minimum Gasteiger partial charge on any atom is -0.383 e. The van der Waals surface area contributed by atoms with Crippen molar-refractivity contribution in [3.63, 3.8) is 0 Å². The van der Waals surface area contributed by atoms with E-state index in [1.807, 2.05) is 37.6 Å². The highest BCUT2D eigenvalue weighted by Gasteiger charge is 2.16. The molecule has 4 N–H and O–H groups in total. The van der Waals surface area contributed by atoms with Crippen LogP contribution in [0.15, 0.2) is 26.4 Å². The van der Waals surface area contributed by atoms with E-state index in [0.717, 1.165) is 5.56 Å². The van der Waals surface area contributed by atoms with Crippen LogP contribution in [0.1, 0.15) is 32.4 Å². The van der Waals surface area contributed by atoms with Crippen LogP contribution in [0.4, 0.5) is 11.5 Å². The molecule has 0 radical (unpaired) electrons. The van der Waals surface area contributed by atoms with Gasteiger partial charge < -0.3 is 11.1 Å². The van der Waals surface area contributed by atoms with Crippen LogP contribution in [0.25, 0.3) is 0 Å². The number of nitrogen functional groups attached to an aromatic ring is 1. The van der Waals surface area contributed by atoms with E-state index in [4.69, 9.17) is 5.73 Å². The average Bonchev–Trinajstić information content (AvgIpc) is 2.93. The number of aromatic nitrogens is 2. The Morgan fingerprint density at radius 2 is 2.10 bits per heavy atom. The minimum atomic E-state index is -0.486. The normalized spacial score (nSPS) is 12.6. The highest BCUT2D eigenvalue weighted by molar-refractivity contribution is 7.07. The molecule has 0 fully saturated rings. The second-order valence-corrected chi connectivity index (χ2v) is 6.23. The van der Waals surface area contributed by atoms with Gasteiger partial charge in [0.25, 0.3) is 5.56 Å². The zero-order valence-electron chi connectivity index (χ0n) is 12.3. The van der Waals surface area contributed by atoms with Crippen molar-refractivity contribution in [1.29, 1.82) is 0 Å². The van der Waals surface area contributed by atoms with Crippen LogP contribution in [0.2, 0.25) is 0 Å². The molecule has 0 saturated carbocycles. The van der Waals surface area contributed by atoms with Gasteiger partial charge in [0.05, 0.1) is 0 Å². The number of H-pyrrole nitrogens is 1. The molecule has 2 heterocycles. The Bertz CT molecular complexity index is 716. The SMILES string of the molecule is CC(C)Cn1c(N)c(NC(C)c2ccsc2)c(=O)[nH]c1=O. The molecule has 21 heavy (non-hydrogen) atoms. The minimum absolute atomic E-state index is 0.0651. The summed E-state index contributed by atoms with van der Waals surface area (Å²) in [6.07, 6.45) is 0. The Hall–Kier alpha value is -2.02. The first-order valence-electron chi connectivity index (χ1n) is 6.81. The zero-order chi connectivity index (χ0) is 15.6. The molecule has 0 spiro atoms. The van der Waals surface area contributed by atoms with E-state index in [1.54, 1.807) is 11.3 Å². The Morgan fingerprint density at radius 3 is 2.67 bits per heavy atom. The second kappa shape index (κ2) is 6.17.